The van der Waals surface area contributed by atoms with Crippen LogP contribution in [0.2, 0.25) is 0 Å². The molecule has 2 heterocycles. The maximum atomic E-state index is 12.9. The van der Waals surface area contributed by atoms with Gasteiger partial charge in [0.05, 0.1) is 18.5 Å². The summed E-state index contributed by atoms with van der Waals surface area (Å²) in [5.41, 5.74) is 1.76. The SMILES string of the molecule is COc1ccccc1OCCn1cc(C(=O)c2cccs2)c2ccccc21. The van der Waals surface area contributed by atoms with E-state index in [0.29, 0.717) is 24.7 Å². The first-order valence-corrected chi connectivity index (χ1v) is 9.58. The quantitative estimate of drug-likeness (QED) is 0.425. The van der Waals surface area contributed by atoms with E-state index < -0.39 is 0 Å². The molecule has 2 aromatic carbocycles. The van der Waals surface area contributed by atoms with Gasteiger partial charge in [0.25, 0.3) is 0 Å². The van der Waals surface area contributed by atoms with E-state index in [4.69, 9.17) is 9.47 Å². The largest absolute Gasteiger partial charge is 0.493 e. The first-order chi connectivity index (χ1) is 13.3. The Morgan fingerprint density at radius 3 is 2.56 bits per heavy atom. The molecule has 0 aliphatic heterocycles. The van der Waals surface area contributed by atoms with Gasteiger partial charge in [-0.15, -0.1) is 11.3 Å². The smallest absolute Gasteiger partial charge is 0.205 e. The molecule has 0 amide bonds. The van der Waals surface area contributed by atoms with E-state index in [-0.39, 0.29) is 5.78 Å². The van der Waals surface area contributed by atoms with Crippen LogP contribution < -0.4 is 9.47 Å². The number of aromatic nitrogens is 1. The first-order valence-electron chi connectivity index (χ1n) is 8.70. The Kier molecular flexibility index (Phi) is 4.94. The number of fused-ring (bicyclic) bond motifs is 1. The molecule has 0 aliphatic carbocycles. The number of benzene rings is 2. The van der Waals surface area contributed by atoms with Gasteiger partial charge in [-0.1, -0.05) is 36.4 Å². The predicted molar refractivity (Wildman–Crippen MR) is 108 cm³/mol. The number of hydrogen-bond donors (Lipinski definition) is 0. The predicted octanol–water partition coefficient (Wildman–Crippen LogP) is 5.02. The van der Waals surface area contributed by atoms with Crippen molar-refractivity contribution in [3.05, 3.63) is 82.7 Å². The number of hydrogen-bond acceptors (Lipinski definition) is 4. The molecule has 0 fully saturated rings. The second-order valence-corrected chi connectivity index (χ2v) is 7.01. The van der Waals surface area contributed by atoms with Crippen molar-refractivity contribution < 1.29 is 14.3 Å². The number of nitrogens with zero attached hydrogens (tertiary/aromatic N) is 1. The second kappa shape index (κ2) is 7.68. The average molecular weight is 377 g/mol. The lowest BCUT2D eigenvalue weighted by molar-refractivity contribution is 0.104. The van der Waals surface area contributed by atoms with Gasteiger partial charge in [0, 0.05) is 22.7 Å². The Morgan fingerprint density at radius 1 is 1.00 bits per heavy atom. The van der Waals surface area contributed by atoms with E-state index >= 15 is 0 Å². The van der Waals surface area contributed by atoms with E-state index in [9.17, 15) is 4.79 Å². The monoisotopic (exact) mass is 377 g/mol. The summed E-state index contributed by atoms with van der Waals surface area (Å²) >= 11 is 1.47. The van der Waals surface area contributed by atoms with Crippen LogP contribution in [0.3, 0.4) is 0 Å². The van der Waals surface area contributed by atoms with Crippen molar-refractivity contribution in [2.45, 2.75) is 6.54 Å². The summed E-state index contributed by atoms with van der Waals surface area (Å²) in [5, 5.41) is 2.89. The minimum Gasteiger partial charge on any atom is -0.493 e. The molecule has 0 bridgehead atoms. The minimum absolute atomic E-state index is 0.0607. The second-order valence-electron chi connectivity index (χ2n) is 6.06. The third kappa shape index (κ3) is 3.46. The van der Waals surface area contributed by atoms with Crippen LogP contribution in [0.15, 0.2) is 72.2 Å². The Morgan fingerprint density at radius 2 is 1.78 bits per heavy atom. The maximum Gasteiger partial charge on any atom is 0.205 e. The number of thiophene rings is 1. The number of methoxy groups -OCH3 is 1. The van der Waals surface area contributed by atoms with Gasteiger partial charge in [-0.2, -0.15) is 0 Å². The normalized spacial score (nSPS) is 10.9. The average Bonchev–Trinajstić information content (AvgIpc) is 3.37. The summed E-state index contributed by atoms with van der Waals surface area (Å²) < 4.78 is 13.3. The zero-order valence-electron chi connectivity index (χ0n) is 14.9. The summed E-state index contributed by atoms with van der Waals surface area (Å²) in [6, 6.07) is 19.3. The van der Waals surface area contributed by atoms with Crippen LogP contribution >= 0.6 is 11.3 Å². The first kappa shape index (κ1) is 17.4. The highest BCUT2D eigenvalue weighted by Gasteiger charge is 2.17. The van der Waals surface area contributed by atoms with Crippen molar-refractivity contribution in [2.24, 2.45) is 0 Å². The fourth-order valence-corrected chi connectivity index (χ4v) is 3.82. The van der Waals surface area contributed by atoms with E-state index in [1.807, 2.05) is 72.2 Å². The fourth-order valence-electron chi connectivity index (χ4n) is 3.15. The third-order valence-electron chi connectivity index (χ3n) is 4.44. The molecule has 0 radical (unpaired) electrons. The van der Waals surface area contributed by atoms with Crippen molar-refractivity contribution in [3.63, 3.8) is 0 Å². The Labute approximate surface area is 161 Å². The van der Waals surface area contributed by atoms with Crippen LogP contribution in [-0.2, 0) is 6.54 Å². The van der Waals surface area contributed by atoms with Crippen LogP contribution in [0.4, 0.5) is 0 Å². The van der Waals surface area contributed by atoms with Crippen LogP contribution in [0.5, 0.6) is 11.5 Å². The van der Waals surface area contributed by atoms with E-state index in [2.05, 4.69) is 4.57 Å². The Bertz CT molecular complexity index is 1070. The van der Waals surface area contributed by atoms with E-state index in [1.165, 1.54) is 11.3 Å². The number of ether oxygens (including phenoxy) is 2. The zero-order valence-corrected chi connectivity index (χ0v) is 15.7. The van der Waals surface area contributed by atoms with E-state index in [1.54, 1.807) is 7.11 Å². The van der Waals surface area contributed by atoms with Crippen LogP contribution in [-0.4, -0.2) is 24.1 Å². The summed E-state index contributed by atoms with van der Waals surface area (Å²) in [6.45, 7) is 1.11. The molecule has 0 N–H and O–H groups in total. The molecule has 2 aromatic heterocycles. The van der Waals surface area contributed by atoms with Crippen molar-refractivity contribution in [1.82, 2.24) is 4.57 Å². The van der Waals surface area contributed by atoms with Crippen molar-refractivity contribution in [1.29, 1.82) is 0 Å². The molecule has 136 valence electrons. The Balaban J connectivity index is 1.58. The lowest BCUT2D eigenvalue weighted by Crippen LogP contribution is -2.08. The summed E-state index contributed by atoms with van der Waals surface area (Å²) in [4.78, 5) is 13.6. The highest BCUT2D eigenvalue weighted by atomic mass is 32.1. The maximum absolute atomic E-state index is 12.9. The van der Waals surface area contributed by atoms with Crippen molar-refractivity contribution >= 4 is 28.0 Å². The third-order valence-corrected chi connectivity index (χ3v) is 5.31. The number of carbonyl (C=O) groups is 1. The van der Waals surface area contributed by atoms with Gasteiger partial charge < -0.3 is 14.0 Å². The number of carbonyl (C=O) groups excluding carboxylic acids is 1. The van der Waals surface area contributed by atoms with Crippen LogP contribution in [0, 0.1) is 0 Å². The molecular formula is C22H19NO3S. The van der Waals surface area contributed by atoms with Crippen molar-refractivity contribution in [3.8, 4) is 11.5 Å². The summed E-state index contributed by atoms with van der Waals surface area (Å²) in [7, 11) is 1.63. The van der Waals surface area contributed by atoms with Crippen LogP contribution in [0.1, 0.15) is 15.2 Å². The van der Waals surface area contributed by atoms with Gasteiger partial charge in [0.2, 0.25) is 5.78 Å². The van der Waals surface area contributed by atoms with Gasteiger partial charge in [-0.05, 0) is 29.6 Å². The molecule has 0 atom stereocenters. The van der Waals surface area contributed by atoms with E-state index in [0.717, 1.165) is 21.3 Å². The lowest BCUT2D eigenvalue weighted by atomic mass is 10.1. The number of rotatable bonds is 7. The highest BCUT2D eigenvalue weighted by molar-refractivity contribution is 7.12. The lowest BCUT2D eigenvalue weighted by Gasteiger charge is -2.11. The molecule has 0 saturated heterocycles. The fraction of sp³-hybridized carbons (Fsp3) is 0.136. The highest BCUT2D eigenvalue weighted by Crippen LogP contribution is 2.27. The molecule has 0 saturated carbocycles. The molecule has 0 spiro atoms. The van der Waals surface area contributed by atoms with Gasteiger partial charge in [0.1, 0.15) is 6.61 Å². The summed E-state index contributed by atoms with van der Waals surface area (Å²) in [6.07, 6.45) is 1.93. The van der Waals surface area contributed by atoms with Gasteiger partial charge in [-0.25, -0.2) is 0 Å². The van der Waals surface area contributed by atoms with Gasteiger partial charge >= 0.3 is 0 Å². The zero-order chi connectivity index (χ0) is 18.6. The molecule has 4 rings (SSSR count). The standard InChI is InChI=1S/C22H19NO3S/c1-25-19-9-4-5-10-20(19)26-13-12-23-15-17(16-7-2-3-8-18(16)23)22(24)21-11-6-14-27-21/h2-11,14-15H,12-13H2,1H3. The van der Waals surface area contributed by atoms with Crippen LogP contribution in [0.25, 0.3) is 10.9 Å². The number of ketones is 1. The molecule has 0 aliphatic rings. The molecule has 4 nitrogen and oxygen atoms in total. The molecule has 5 heteroatoms. The molecule has 0 unspecified atom stereocenters. The molecule has 4 aromatic rings. The van der Waals surface area contributed by atoms with Gasteiger partial charge in [-0.3, -0.25) is 4.79 Å². The van der Waals surface area contributed by atoms with Gasteiger partial charge in [0.15, 0.2) is 11.5 Å². The minimum atomic E-state index is 0.0607. The number of para-hydroxylation sites is 3. The summed E-state index contributed by atoms with van der Waals surface area (Å²) in [5.74, 6) is 1.49. The molecular weight excluding hydrogens is 358 g/mol. The topological polar surface area (TPSA) is 40.5 Å². The van der Waals surface area contributed by atoms with Crippen molar-refractivity contribution in [2.75, 3.05) is 13.7 Å². The molecule has 27 heavy (non-hydrogen) atoms. The Hall–Kier alpha value is -3.05.